The second-order valence-electron chi connectivity index (χ2n) is 8.20. The molecule has 2 N–H and O–H groups in total. The first-order valence-electron chi connectivity index (χ1n) is 11.8. The lowest BCUT2D eigenvalue weighted by atomic mass is 10.0. The summed E-state index contributed by atoms with van der Waals surface area (Å²) in [5, 5.41) is 18.6. The Labute approximate surface area is 186 Å². The normalized spacial score (nSPS) is 10.8. The Kier molecular flexibility index (Phi) is 13.3. The summed E-state index contributed by atoms with van der Waals surface area (Å²) in [5.74, 6) is -2.88. The second kappa shape index (κ2) is 15.4. The third kappa shape index (κ3) is 9.99. The van der Waals surface area contributed by atoms with Crippen LogP contribution in [0.1, 0.15) is 122 Å². The summed E-state index contributed by atoms with van der Waals surface area (Å²) in [5.41, 5.74) is -0.417. The molecule has 6 heteroatoms. The molecule has 6 nitrogen and oxygen atoms in total. The van der Waals surface area contributed by atoms with Crippen molar-refractivity contribution in [1.82, 2.24) is 4.90 Å². The van der Waals surface area contributed by atoms with Crippen molar-refractivity contribution in [1.29, 1.82) is 0 Å². The molecule has 31 heavy (non-hydrogen) atoms. The highest BCUT2D eigenvalue weighted by molar-refractivity contribution is 6.04. The van der Waals surface area contributed by atoms with Crippen molar-refractivity contribution in [2.75, 3.05) is 13.1 Å². The molecule has 174 valence electrons. The van der Waals surface area contributed by atoms with Gasteiger partial charge in [0, 0.05) is 18.7 Å². The Morgan fingerprint density at radius 3 is 1.58 bits per heavy atom. The molecule has 0 aliphatic rings. The van der Waals surface area contributed by atoms with Crippen LogP contribution in [0.5, 0.6) is 0 Å². The summed E-state index contributed by atoms with van der Waals surface area (Å²) in [4.78, 5) is 37.7. The minimum absolute atomic E-state index is 0.221. The Morgan fingerprint density at radius 2 is 1.13 bits per heavy atom. The van der Waals surface area contributed by atoms with Crippen LogP contribution in [-0.4, -0.2) is 46.0 Å². The van der Waals surface area contributed by atoms with Crippen molar-refractivity contribution < 1.29 is 24.6 Å². The van der Waals surface area contributed by atoms with Gasteiger partial charge in [-0.05, 0) is 31.0 Å². The van der Waals surface area contributed by atoms with Crippen molar-refractivity contribution in [3.63, 3.8) is 0 Å². The summed E-state index contributed by atoms with van der Waals surface area (Å²) in [6.07, 6.45) is 13.6. The minimum Gasteiger partial charge on any atom is -0.478 e. The quantitative estimate of drug-likeness (QED) is 0.283. The van der Waals surface area contributed by atoms with Gasteiger partial charge in [0.1, 0.15) is 0 Å². The summed E-state index contributed by atoms with van der Waals surface area (Å²) in [7, 11) is 0. The first-order valence-corrected chi connectivity index (χ1v) is 11.8. The average molecular weight is 434 g/mol. The summed E-state index contributed by atoms with van der Waals surface area (Å²) in [6, 6.07) is 3.84. The maximum absolute atomic E-state index is 13.1. The van der Waals surface area contributed by atoms with Gasteiger partial charge >= 0.3 is 11.9 Å². The first kappa shape index (κ1) is 26.7. The monoisotopic (exact) mass is 433 g/mol. The fourth-order valence-corrected chi connectivity index (χ4v) is 3.70. The number of hydrogen-bond donors (Lipinski definition) is 2. The van der Waals surface area contributed by atoms with Crippen molar-refractivity contribution in [2.45, 2.75) is 90.9 Å². The van der Waals surface area contributed by atoms with Crippen LogP contribution in [0, 0.1) is 0 Å². The molecule has 0 aliphatic carbocycles. The molecule has 0 unspecified atom stereocenters. The number of carbonyl (C=O) groups excluding carboxylic acids is 1. The zero-order chi connectivity index (χ0) is 23.1. The standard InChI is InChI=1S/C25H39NO5/c1-3-5-7-9-11-13-17-26(18-14-12-10-8-6-4-2)23(27)20-15-16-21(24(28)29)22(19-20)25(30)31/h15-16,19H,3-14,17-18H2,1-2H3,(H,28,29)(H,30,31). The van der Waals surface area contributed by atoms with E-state index in [-0.39, 0.29) is 22.6 Å². The van der Waals surface area contributed by atoms with Crippen molar-refractivity contribution in [2.24, 2.45) is 0 Å². The Morgan fingerprint density at radius 1 is 0.677 bits per heavy atom. The van der Waals surface area contributed by atoms with Gasteiger partial charge in [-0.2, -0.15) is 0 Å². The van der Waals surface area contributed by atoms with Crippen molar-refractivity contribution in [3.05, 3.63) is 34.9 Å². The zero-order valence-electron chi connectivity index (χ0n) is 19.2. The lowest BCUT2D eigenvalue weighted by Crippen LogP contribution is -2.33. The van der Waals surface area contributed by atoms with Crippen LogP contribution in [0.4, 0.5) is 0 Å². The Bertz CT molecular complexity index is 685. The molecule has 0 radical (unpaired) electrons. The Balaban J connectivity index is 2.81. The van der Waals surface area contributed by atoms with Gasteiger partial charge in [0.15, 0.2) is 0 Å². The van der Waals surface area contributed by atoms with Crippen LogP contribution >= 0.6 is 0 Å². The van der Waals surface area contributed by atoms with Crippen LogP contribution in [0.25, 0.3) is 0 Å². The van der Waals surface area contributed by atoms with Crippen LogP contribution < -0.4 is 0 Å². The molecule has 0 atom stereocenters. The number of rotatable bonds is 17. The third-order valence-corrected chi connectivity index (χ3v) is 5.58. The van der Waals surface area contributed by atoms with E-state index in [4.69, 9.17) is 0 Å². The van der Waals surface area contributed by atoms with E-state index in [9.17, 15) is 24.6 Å². The highest BCUT2D eigenvalue weighted by Gasteiger charge is 2.21. The first-order chi connectivity index (χ1) is 14.9. The highest BCUT2D eigenvalue weighted by Crippen LogP contribution is 2.17. The summed E-state index contributed by atoms with van der Waals surface area (Å²) < 4.78 is 0. The SMILES string of the molecule is CCCCCCCCN(CCCCCCCC)C(=O)c1ccc(C(=O)O)c(C(=O)O)c1. The second-order valence-corrected chi connectivity index (χ2v) is 8.20. The topological polar surface area (TPSA) is 94.9 Å². The minimum atomic E-state index is -1.34. The zero-order valence-corrected chi connectivity index (χ0v) is 19.2. The number of unbranched alkanes of at least 4 members (excludes halogenated alkanes) is 10. The highest BCUT2D eigenvalue weighted by atomic mass is 16.4. The molecule has 0 aromatic heterocycles. The van der Waals surface area contributed by atoms with E-state index in [1.807, 2.05) is 0 Å². The van der Waals surface area contributed by atoms with E-state index in [1.165, 1.54) is 56.7 Å². The molecule has 1 amide bonds. The van der Waals surface area contributed by atoms with Gasteiger partial charge in [-0.1, -0.05) is 78.1 Å². The molecular formula is C25H39NO5. The molecular weight excluding hydrogens is 394 g/mol. The fourth-order valence-electron chi connectivity index (χ4n) is 3.70. The van der Waals surface area contributed by atoms with Crippen LogP contribution in [0.15, 0.2) is 18.2 Å². The fraction of sp³-hybridized carbons (Fsp3) is 0.640. The third-order valence-electron chi connectivity index (χ3n) is 5.58. The van der Waals surface area contributed by atoms with Crippen LogP contribution in [0.3, 0.4) is 0 Å². The molecule has 0 saturated heterocycles. The predicted molar refractivity (Wildman–Crippen MR) is 123 cm³/mol. The molecule has 0 heterocycles. The number of carboxylic acids is 2. The maximum atomic E-state index is 13.1. The van der Waals surface area contributed by atoms with E-state index in [2.05, 4.69) is 13.8 Å². The maximum Gasteiger partial charge on any atom is 0.336 e. The van der Waals surface area contributed by atoms with Gasteiger partial charge in [0.05, 0.1) is 11.1 Å². The van der Waals surface area contributed by atoms with E-state index in [0.29, 0.717) is 13.1 Å². The lowest BCUT2D eigenvalue weighted by Gasteiger charge is -2.23. The molecule has 0 spiro atoms. The van der Waals surface area contributed by atoms with E-state index >= 15 is 0 Å². The number of aromatic carboxylic acids is 2. The van der Waals surface area contributed by atoms with Gasteiger partial charge < -0.3 is 15.1 Å². The smallest absolute Gasteiger partial charge is 0.336 e. The largest absolute Gasteiger partial charge is 0.478 e. The van der Waals surface area contributed by atoms with Gasteiger partial charge in [0.25, 0.3) is 5.91 Å². The number of carboxylic acid groups (broad SMARTS) is 2. The van der Waals surface area contributed by atoms with Gasteiger partial charge in [-0.15, -0.1) is 0 Å². The van der Waals surface area contributed by atoms with E-state index in [0.717, 1.165) is 38.5 Å². The number of nitrogens with zero attached hydrogens (tertiary/aromatic N) is 1. The number of hydrogen-bond acceptors (Lipinski definition) is 3. The molecule has 1 rings (SSSR count). The van der Waals surface area contributed by atoms with Gasteiger partial charge in [0.2, 0.25) is 0 Å². The average Bonchev–Trinajstić information content (AvgIpc) is 2.75. The van der Waals surface area contributed by atoms with Gasteiger partial charge in [-0.25, -0.2) is 9.59 Å². The van der Waals surface area contributed by atoms with Crippen molar-refractivity contribution in [3.8, 4) is 0 Å². The van der Waals surface area contributed by atoms with Crippen LogP contribution in [-0.2, 0) is 0 Å². The summed E-state index contributed by atoms with van der Waals surface area (Å²) >= 11 is 0. The lowest BCUT2D eigenvalue weighted by molar-refractivity contribution is 0.0650. The molecule has 1 aromatic rings. The van der Waals surface area contributed by atoms with Crippen molar-refractivity contribution >= 4 is 17.8 Å². The number of benzene rings is 1. The molecule has 0 aliphatic heterocycles. The van der Waals surface area contributed by atoms with Crippen LogP contribution in [0.2, 0.25) is 0 Å². The van der Waals surface area contributed by atoms with Gasteiger partial charge in [-0.3, -0.25) is 4.79 Å². The molecule has 0 saturated carbocycles. The molecule has 0 bridgehead atoms. The number of amides is 1. The Hall–Kier alpha value is -2.37. The molecule has 0 fully saturated rings. The number of carbonyl (C=O) groups is 3. The molecule has 1 aromatic carbocycles. The predicted octanol–water partition coefficient (Wildman–Crippen LogP) is 6.25. The van der Waals surface area contributed by atoms with E-state index in [1.54, 1.807) is 4.90 Å². The van der Waals surface area contributed by atoms with E-state index < -0.39 is 11.9 Å². The summed E-state index contributed by atoms with van der Waals surface area (Å²) in [6.45, 7) is 5.65.